The van der Waals surface area contributed by atoms with Gasteiger partial charge in [-0.05, 0) is 31.2 Å². The van der Waals surface area contributed by atoms with Gasteiger partial charge in [-0.1, -0.05) is 5.16 Å². The second-order valence-corrected chi connectivity index (χ2v) is 4.31. The fourth-order valence-electron chi connectivity index (χ4n) is 2.03. The third-order valence-corrected chi connectivity index (χ3v) is 3.02. The Morgan fingerprint density at radius 3 is 2.45 bits per heavy atom. The highest BCUT2D eigenvalue weighted by Gasteiger charge is 2.17. The predicted octanol–water partition coefficient (Wildman–Crippen LogP) is 1.76. The van der Waals surface area contributed by atoms with E-state index in [-0.39, 0.29) is 5.56 Å². The van der Waals surface area contributed by atoms with E-state index in [0.29, 0.717) is 17.0 Å². The summed E-state index contributed by atoms with van der Waals surface area (Å²) in [6.07, 6.45) is 0. The van der Waals surface area contributed by atoms with Crippen molar-refractivity contribution in [2.24, 2.45) is 12.2 Å². The van der Waals surface area contributed by atoms with Gasteiger partial charge in [-0.15, -0.1) is 0 Å². The molecule has 1 aromatic carbocycles. The Hall–Kier alpha value is -2.50. The third kappa shape index (κ3) is 2.45. The molecule has 0 atom stereocenters. The molecule has 106 valence electrons. The van der Waals surface area contributed by atoms with Crippen molar-refractivity contribution in [1.29, 1.82) is 0 Å². The summed E-state index contributed by atoms with van der Waals surface area (Å²) in [6.45, 7) is 1.74. The number of hydrogen-bond donors (Lipinski definition) is 1. The molecule has 1 aromatic heterocycles. The van der Waals surface area contributed by atoms with Crippen LogP contribution in [-0.4, -0.2) is 29.7 Å². The molecule has 1 N–H and O–H groups in total. The van der Waals surface area contributed by atoms with E-state index in [1.807, 2.05) is 24.3 Å². The quantitative estimate of drug-likeness (QED) is 0.683. The lowest BCUT2D eigenvalue weighted by atomic mass is 10.1. The van der Waals surface area contributed by atoms with Crippen LogP contribution in [0, 0.1) is 0 Å². The Balaban J connectivity index is 2.58. The number of aryl methyl sites for hydroxylation is 1. The van der Waals surface area contributed by atoms with Gasteiger partial charge >= 0.3 is 0 Å². The van der Waals surface area contributed by atoms with E-state index in [1.165, 1.54) is 11.8 Å². The number of H-pyrrole nitrogens is 1. The van der Waals surface area contributed by atoms with Crippen LogP contribution >= 0.6 is 0 Å². The van der Waals surface area contributed by atoms with Crippen LogP contribution < -0.4 is 10.3 Å². The maximum Gasteiger partial charge on any atom is 0.276 e. The number of aromatic nitrogens is 2. The SMILES string of the molecule is CO/N=C(\C)c1c(-c2ccc(OC)cc2)[nH]n(C)c1=O. The molecule has 0 bridgehead atoms. The number of hydrogen-bond acceptors (Lipinski definition) is 4. The normalized spacial score (nSPS) is 11.5. The molecule has 1 heterocycles. The van der Waals surface area contributed by atoms with Gasteiger partial charge in [-0.2, -0.15) is 0 Å². The van der Waals surface area contributed by atoms with Gasteiger partial charge < -0.3 is 9.57 Å². The number of aromatic amines is 1. The number of nitrogens with zero attached hydrogens (tertiary/aromatic N) is 2. The first kappa shape index (κ1) is 13.9. The zero-order chi connectivity index (χ0) is 14.7. The van der Waals surface area contributed by atoms with Crippen molar-refractivity contribution < 1.29 is 9.57 Å². The smallest absolute Gasteiger partial charge is 0.276 e. The van der Waals surface area contributed by atoms with Crippen LogP contribution in [0.1, 0.15) is 12.5 Å². The first-order valence-corrected chi connectivity index (χ1v) is 6.10. The van der Waals surface area contributed by atoms with Crippen molar-refractivity contribution in [1.82, 2.24) is 9.78 Å². The molecule has 0 saturated heterocycles. The van der Waals surface area contributed by atoms with E-state index in [1.54, 1.807) is 21.1 Å². The standard InChI is InChI=1S/C14H17N3O3/c1-9(16-20-4)12-13(15-17(2)14(12)18)10-5-7-11(19-3)8-6-10/h5-8,15H,1-4H3/b16-9+. The van der Waals surface area contributed by atoms with Gasteiger partial charge in [0.2, 0.25) is 0 Å². The number of nitrogens with one attached hydrogen (secondary N) is 1. The minimum atomic E-state index is -0.144. The fourth-order valence-corrected chi connectivity index (χ4v) is 2.03. The van der Waals surface area contributed by atoms with Gasteiger partial charge in [0.05, 0.1) is 24.1 Å². The molecule has 6 nitrogen and oxygen atoms in total. The van der Waals surface area contributed by atoms with Gasteiger partial charge in [-0.25, -0.2) is 0 Å². The molecule has 0 unspecified atom stereocenters. The third-order valence-electron chi connectivity index (χ3n) is 3.02. The zero-order valence-electron chi connectivity index (χ0n) is 11.9. The van der Waals surface area contributed by atoms with Crippen LogP contribution in [0.5, 0.6) is 5.75 Å². The Bertz CT molecular complexity index is 681. The van der Waals surface area contributed by atoms with Crippen molar-refractivity contribution in [2.45, 2.75) is 6.92 Å². The number of rotatable bonds is 4. The van der Waals surface area contributed by atoms with Gasteiger partial charge in [0, 0.05) is 12.6 Å². The van der Waals surface area contributed by atoms with E-state index in [0.717, 1.165) is 11.3 Å². The first-order valence-electron chi connectivity index (χ1n) is 6.10. The van der Waals surface area contributed by atoms with Gasteiger partial charge in [0.1, 0.15) is 12.9 Å². The molecule has 0 fully saturated rings. The number of oxime groups is 1. The average molecular weight is 275 g/mol. The minimum Gasteiger partial charge on any atom is -0.497 e. The van der Waals surface area contributed by atoms with Gasteiger partial charge in [0.25, 0.3) is 5.56 Å². The molecular weight excluding hydrogens is 258 g/mol. The summed E-state index contributed by atoms with van der Waals surface area (Å²) in [5, 5.41) is 6.88. The van der Waals surface area contributed by atoms with E-state index < -0.39 is 0 Å². The molecular formula is C14H17N3O3. The number of methoxy groups -OCH3 is 1. The Labute approximate surface area is 116 Å². The molecule has 0 aliphatic carbocycles. The predicted molar refractivity (Wildman–Crippen MR) is 77.2 cm³/mol. The average Bonchev–Trinajstić information content (AvgIpc) is 2.75. The lowest BCUT2D eigenvalue weighted by Gasteiger charge is -2.04. The highest BCUT2D eigenvalue weighted by atomic mass is 16.6. The lowest BCUT2D eigenvalue weighted by Crippen LogP contribution is -2.18. The van der Waals surface area contributed by atoms with Crippen LogP contribution in [0.15, 0.2) is 34.2 Å². The largest absolute Gasteiger partial charge is 0.497 e. The van der Waals surface area contributed by atoms with Crippen molar-refractivity contribution >= 4 is 5.71 Å². The second kappa shape index (κ2) is 5.64. The second-order valence-electron chi connectivity index (χ2n) is 4.31. The summed E-state index contributed by atoms with van der Waals surface area (Å²) < 4.78 is 6.55. The summed E-state index contributed by atoms with van der Waals surface area (Å²) in [4.78, 5) is 16.9. The molecule has 0 aliphatic rings. The Morgan fingerprint density at radius 1 is 1.25 bits per heavy atom. The summed E-state index contributed by atoms with van der Waals surface area (Å²) in [5.41, 5.74) is 2.47. The highest BCUT2D eigenvalue weighted by Crippen LogP contribution is 2.23. The fraction of sp³-hybridized carbons (Fsp3) is 0.286. The van der Waals surface area contributed by atoms with E-state index in [4.69, 9.17) is 9.57 Å². The minimum absolute atomic E-state index is 0.144. The van der Waals surface area contributed by atoms with Crippen LogP contribution in [0.25, 0.3) is 11.3 Å². The lowest BCUT2D eigenvalue weighted by molar-refractivity contribution is 0.213. The molecule has 0 amide bonds. The van der Waals surface area contributed by atoms with Crippen molar-refractivity contribution in [3.8, 4) is 17.0 Å². The summed E-state index contributed by atoms with van der Waals surface area (Å²) in [7, 11) is 4.73. The highest BCUT2D eigenvalue weighted by molar-refractivity contribution is 6.03. The van der Waals surface area contributed by atoms with E-state index >= 15 is 0 Å². The van der Waals surface area contributed by atoms with Crippen LogP contribution in [0.3, 0.4) is 0 Å². The van der Waals surface area contributed by atoms with Crippen LogP contribution in [0.2, 0.25) is 0 Å². The molecule has 0 spiro atoms. The summed E-state index contributed by atoms with van der Waals surface area (Å²) >= 11 is 0. The van der Waals surface area contributed by atoms with Gasteiger partial charge in [-0.3, -0.25) is 14.6 Å². The topological polar surface area (TPSA) is 68.6 Å². The molecule has 20 heavy (non-hydrogen) atoms. The molecule has 0 aliphatic heterocycles. The van der Waals surface area contributed by atoms with Crippen molar-refractivity contribution in [3.63, 3.8) is 0 Å². The Morgan fingerprint density at radius 2 is 1.90 bits per heavy atom. The Kier molecular flexibility index (Phi) is 3.93. The monoisotopic (exact) mass is 275 g/mol. The maximum atomic E-state index is 12.2. The number of ether oxygens (including phenoxy) is 1. The molecule has 6 heteroatoms. The molecule has 0 saturated carbocycles. The van der Waals surface area contributed by atoms with Crippen LogP contribution in [0.4, 0.5) is 0 Å². The van der Waals surface area contributed by atoms with Crippen molar-refractivity contribution in [2.75, 3.05) is 14.2 Å². The summed E-state index contributed by atoms with van der Waals surface area (Å²) in [5.74, 6) is 0.760. The van der Waals surface area contributed by atoms with E-state index in [2.05, 4.69) is 10.3 Å². The molecule has 0 radical (unpaired) electrons. The first-order chi connectivity index (χ1) is 9.58. The van der Waals surface area contributed by atoms with E-state index in [9.17, 15) is 4.79 Å². The zero-order valence-corrected chi connectivity index (χ0v) is 11.9. The van der Waals surface area contributed by atoms with Crippen LogP contribution in [-0.2, 0) is 11.9 Å². The number of benzene rings is 1. The molecule has 2 aromatic rings. The van der Waals surface area contributed by atoms with Crippen molar-refractivity contribution in [3.05, 3.63) is 40.2 Å². The van der Waals surface area contributed by atoms with Gasteiger partial charge in [0.15, 0.2) is 0 Å². The summed E-state index contributed by atoms with van der Waals surface area (Å²) in [6, 6.07) is 7.45. The molecule has 2 rings (SSSR count). The maximum absolute atomic E-state index is 12.2.